The molecule has 0 bridgehead atoms. The second kappa shape index (κ2) is 6.28. The lowest BCUT2D eigenvalue weighted by atomic mass is 10.1. The van der Waals surface area contributed by atoms with Crippen LogP contribution in [0, 0.1) is 0 Å². The zero-order valence-corrected chi connectivity index (χ0v) is 13.5. The van der Waals surface area contributed by atoms with Gasteiger partial charge in [-0.3, -0.25) is 0 Å². The van der Waals surface area contributed by atoms with Crippen molar-refractivity contribution in [2.24, 2.45) is 0 Å². The first-order valence-electron chi connectivity index (χ1n) is 8.15. The second-order valence-corrected chi connectivity index (χ2v) is 5.98. The lowest BCUT2D eigenvalue weighted by molar-refractivity contribution is 0.222. The van der Waals surface area contributed by atoms with E-state index < -0.39 is 0 Å². The number of aromatic nitrogens is 2. The number of hydrogen-bond acceptors (Lipinski definition) is 3. The third kappa shape index (κ3) is 3.06. The van der Waals surface area contributed by atoms with Crippen molar-refractivity contribution >= 4 is 22.1 Å². The van der Waals surface area contributed by atoms with Crippen LogP contribution in [-0.2, 0) is 6.42 Å². The number of benzene rings is 3. The largest absolute Gasteiger partial charge is 0.490 e. The van der Waals surface area contributed by atoms with E-state index in [1.54, 1.807) is 0 Å². The summed E-state index contributed by atoms with van der Waals surface area (Å²) in [7, 11) is 0. The molecule has 0 N–H and O–H groups in total. The third-order valence-corrected chi connectivity index (χ3v) is 4.01. The minimum atomic E-state index is 0.0956. The number of fused-ring (bicyclic) bond motifs is 2. The third-order valence-electron chi connectivity index (χ3n) is 4.01. The summed E-state index contributed by atoms with van der Waals surface area (Å²) in [5, 5.41) is 0. The minimum absolute atomic E-state index is 0.0956. The van der Waals surface area contributed by atoms with Crippen LogP contribution in [0.15, 0.2) is 72.8 Å². The summed E-state index contributed by atoms with van der Waals surface area (Å²) in [6.45, 7) is 2.09. The van der Waals surface area contributed by atoms with Crippen molar-refractivity contribution in [3.63, 3.8) is 0 Å². The molecule has 0 saturated carbocycles. The fourth-order valence-corrected chi connectivity index (χ4v) is 2.89. The maximum atomic E-state index is 6.07. The Bertz CT molecular complexity index is 983. The molecule has 1 atom stereocenters. The Kier molecular flexibility index (Phi) is 3.83. The average molecular weight is 314 g/mol. The Labute approximate surface area is 140 Å². The van der Waals surface area contributed by atoms with Crippen molar-refractivity contribution in [3.8, 4) is 5.75 Å². The molecular formula is C21H18N2O. The molecule has 3 aromatic carbocycles. The van der Waals surface area contributed by atoms with Crippen LogP contribution in [0.1, 0.15) is 12.5 Å². The first-order chi connectivity index (χ1) is 11.8. The van der Waals surface area contributed by atoms with Crippen LogP contribution >= 0.6 is 0 Å². The highest BCUT2D eigenvalue weighted by molar-refractivity contribution is 5.86. The predicted molar refractivity (Wildman–Crippen MR) is 97.3 cm³/mol. The van der Waals surface area contributed by atoms with Gasteiger partial charge in [0.2, 0.25) is 0 Å². The molecule has 1 unspecified atom stereocenters. The fraction of sp³-hybridized carbons (Fsp3) is 0.143. The summed E-state index contributed by atoms with van der Waals surface area (Å²) >= 11 is 0. The van der Waals surface area contributed by atoms with Crippen LogP contribution < -0.4 is 4.74 Å². The fourth-order valence-electron chi connectivity index (χ4n) is 2.89. The lowest BCUT2D eigenvalue weighted by Gasteiger charge is -2.15. The monoisotopic (exact) mass is 314 g/mol. The van der Waals surface area contributed by atoms with E-state index in [9.17, 15) is 0 Å². The van der Waals surface area contributed by atoms with Crippen molar-refractivity contribution in [1.29, 1.82) is 0 Å². The Balaban J connectivity index is 1.59. The van der Waals surface area contributed by atoms with Gasteiger partial charge >= 0.3 is 0 Å². The van der Waals surface area contributed by atoms with Crippen molar-refractivity contribution in [1.82, 2.24) is 9.97 Å². The Morgan fingerprint density at radius 3 is 2.12 bits per heavy atom. The van der Waals surface area contributed by atoms with Crippen LogP contribution in [0.5, 0.6) is 5.75 Å². The summed E-state index contributed by atoms with van der Waals surface area (Å²) in [6, 6.07) is 24.2. The molecule has 0 aliphatic carbocycles. The van der Waals surface area contributed by atoms with Gasteiger partial charge in [0.1, 0.15) is 5.75 Å². The standard InChI is InChI=1S/C21H18N2O/c1-15(13-16-7-3-2-4-8-16)24-17-11-12-20-21(14-17)23-19-10-6-5-9-18(19)22-20/h2-12,14-15H,13H2,1H3. The van der Waals surface area contributed by atoms with E-state index in [0.717, 1.165) is 34.2 Å². The summed E-state index contributed by atoms with van der Waals surface area (Å²) < 4.78 is 6.07. The quantitative estimate of drug-likeness (QED) is 0.508. The Morgan fingerprint density at radius 2 is 1.38 bits per heavy atom. The molecule has 3 heteroatoms. The molecule has 1 aromatic heterocycles. The normalized spacial score (nSPS) is 12.4. The number of hydrogen-bond donors (Lipinski definition) is 0. The molecule has 0 saturated heterocycles. The van der Waals surface area contributed by atoms with Gasteiger partial charge in [0, 0.05) is 12.5 Å². The topological polar surface area (TPSA) is 35.0 Å². The molecule has 118 valence electrons. The number of ether oxygens (including phenoxy) is 1. The van der Waals surface area contributed by atoms with Gasteiger partial charge in [0.15, 0.2) is 0 Å². The average Bonchev–Trinajstić information content (AvgIpc) is 2.60. The SMILES string of the molecule is CC(Cc1ccccc1)Oc1ccc2nc3ccccc3nc2c1. The summed E-state index contributed by atoms with van der Waals surface area (Å²) in [5.41, 5.74) is 4.84. The van der Waals surface area contributed by atoms with E-state index in [1.165, 1.54) is 5.56 Å². The molecule has 4 aromatic rings. The molecule has 0 fully saturated rings. The van der Waals surface area contributed by atoms with Gasteiger partial charge in [-0.15, -0.1) is 0 Å². The smallest absolute Gasteiger partial charge is 0.122 e. The molecule has 4 rings (SSSR count). The number of nitrogens with zero attached hydrogens (tertiary/aromatic N) is 2. The van der Waals surface area contributed by atoms with Crippen molar-refractivity contribution in [3.05, 3.63) is 78.4 Å². The van der Waals surface area contributed by atoms with Crippen LogP contribution in [0.25, 0.3) is 22.1 Å². The van der Waals surface area contributed by atoms with E-state index in [0.29, 0.717) is 0 Å². The van der Waals surface area contributed by atoms with Crippen LogP contribution in [0.3, 0.4) is 0 Å². The molecule has 0 amide bonds. The van der Waals surface area contributed by atoms with Crippen LogP contribution in [0.2, 0.25) is 0 Å². The first-order valence-corrected chi connectivity index (χ1v) is 8.15. The van der Waals surface area contributed by atoms with E-state index in [-0.39, 0.29) is 6.10 Å². The minimum Gasteiger partial charge on any atom is -0.490 e. The maximum absolute atomic E-state index is 6.07. The van der Waals surface area contributed by atoms with Crippen molar-refractivity contribution in [2.45, 2.75) is 19.4 Å². The van der Waals surface area contributed by atoms with Gasteiger partial charge < -0.3 is 4.74 Å². The Hall–Kier alpha value is -2.94. The molecule has 0 aliphatic heterocycles. The molecule has 3 nitrogen and oxygen atoms in total. The highest BCUT2D eigenvalue weighted by atomic mass is 16.5. The first kappa shape index (κ1) is 14.6. The van der Waals surface area contributed by atoms with E-state index >= 15 is 0 Å². The van der Waals surface area contributed by atoms with Gasteiger partial charge in [-0.2, -0.15) is 0 Å². The highest BCUT2D eigenvalue weighted by Crippen LogP contribution is 2.22. The molecule has 0 spiro atoms. The van der Waals surface area contributed by atoms with E-state index in [1.807, 2.05) is 48.5 Å². The van der Waals surface area contributed by atoms with Crippen LogP contribution in [-0.4, -0.2) is 16.1 Å². The van der Waals surface area contributed by atoms with Gasteiger partial charge in [0.05, 0.1) is 28.2 Å². The molecule has 1 heterocycles. The molecule has 0 aliphatic rings. The van der Waals surface area contributed by atoms with Crippen LogP contribution in [0.4, 0.5) is 0 Å². The zero-order valence-electron chi connectivity index (χ0n) is 13.5. The summed E-state index contributed by atoms with van der Waals surface area (Å²) in [5.74, 6) is 0.829. The van der Waals surface area contributed by atoms with E-state index in [4.69, 9.17) is 4.74 Å². The predicted octanol–water partition coefficient (Wildman–Crippen LogP) is 4.79. The lowest BCUT2D eigenvalue weighted by Crippen LogP contribution is -2.15. The Morgan fingerprint density at radius 1 is 0.750 bits per heavy atom. The molecular weight excluding hydrogens is 296 g/mol. The van der Waals surface area contributed by atoms with Gasteiger partial charge in [0.25, 0.3) is 0 Å². The van der Waals surface area contributed by atoms with Crippen molar-refractivity contribution < 1.29 is 4.74 Å². The molecule has 24 heavy (non-hydrogen) atoms. The maximum Gasteiger partial charge on any atom is 0.122 e. The number of rotatable bonds is 4. The van der Waals surface area contributed by atoms with E-state index in [2.05, 4.69) is 41.2 Å². The van der Waals surface area contributed by atoms with Gasteiger partial charge in [-0.1, -0.05) is 42.5 Å². The zero-order chi connectivity index (χ0) is 16.4. The van der Waals surface area contributed by atoms with Gasteiger partial charge in [-0.25, -0.2) is 9.97 Å². The summed E-state index contributed by atoms with van der Waals surface area (Å²) in [4.78, 5) is 9.33. The van der Waals surface area contributed by atoms with Gasteiger partial charge in [-0.05, 0) is 36.8 Å². The number of para-hydroxylation sites is 2. The van der Waals surface area contributed by atoms with Crippen molar-refractivity contribution in [2.75, 3.05) is 0 Å². The summed E-state index contributed by atoms with van der Waals surface area (Å²) in [6.07, 6.45) is 0.973. The highest BCUT2D eigenvalue weighted by Gasteiger charge is 2.08. The second-order valence-electron chi connectivity index (χ2n) is 5.98. The molecule has 0 radical (unpaired) electrons.